The van der Waals surface area contributed by atoms with Gasteiger partial charge in [0.1, 0.15) is 5.75 Å². The predicted octanol–water partition coefficient (Wildman–Crippen LogP) is 6.87. The highest BCUT2D eigenvalue weighted by Crippen LogP contribution is 2.37. The second kappa shape index (κ2) is 7.22. The monoisotopic (exact) mass is 394 g/mol. The van der Waals surface area contributed by atoms with Crippen LogP contribution in [0.5, 0.6) is 5.75 Å². The van der Waals surface area contributed by atoms with Gasteiger partial charge in [-0.1, -0.05) is 47.8 Å². The van der Waals surface area contributed by atoms with Gasteiger partial charge < -0.3 is 4.74 Å². The number of ether oxygens (including phenoxy) is 1. The lowest BCUT2D eigenvalue weighted by molar-refractivity contribution is -0.185. The van der Waals surface area contributed by atoms with Crippen LogP contribution in [0.25, 0.3) is 0 Å². The van der Waals surface area contributed by atoms with E-state index in [1.165, 1.54) is 37.1 Å². The molecule has 1 nitrogen and oxygen atoms in total. The fourth-order valence-electron chi connectivity index (χ4n) is 3.25. The van der Waals surface area contributed by atoms with Crippen LogP contribution in [0.3, 0.4) is 0 Å². The lowest BCUT2D eigenvalue weighted by atomic mass is 9.79. The molecule has 128 valence electrons. The zero-order valence-corrected chi connectivity index (χ0v) is 15.2. The molecule has 3 rings (SSSR count). The van der Waals surface area contributed by atoms with E-state index in [1.54, 1.807) is 12.1 Å². The third-order valence-electron chi connectivity index (χ3n) is 4.79. The van der Waals surface area contributed by atoms with Crippen molar-refractivity contribution in [2.75, 3.05) is 0 Å². The van der Waals surface area contributed by atoms with Crippen molar-refractivity contribution in [1.82, 2.24) is 0 Å². The van der Waals surface area contributed by atoms with Gasteiger partial charge >= 0.3 is 6.11 Å². The van der Waals surface area contributed by atoms with E-state index in [0.29, 0.717) is 5.92 Å². The van der Waals surface area contributed by atoms with Crippen molar-refractivity contribution in [3.05, 3.63) is 64.1 Å². The van der Waals surface area contributed by atoms with E-state index >= 15 is 0 Å². The minimum absolute atomic E-state index is 0.113. The second-order valence-electron chi connectivity index (χ2n) is 6.65. The fraction of sp³-hybridized carbons (Fsp3) is 0.400. The van der Waals surface area contributed by atoms with Crippen molar-refractivity contribution in [1.29, 1.82) is 0 Å². The smallest absolute Gasteiger partial charge is 0.426 e. The van der Waals surface area contributed by atoms with Crippen molar-refractivity contribution in [3.63, 3.8) is 0 Å². The molecule has 0 bridgehead atoms. The van der Waals surface area contributed by atoms with Gasteiger partial charge in [-0.25, -0.2) is 0 Å². The molecule has 0 aromatic heterocycles. The molecule has 1 fully saturated rings. The van der Waals surface area contributed by atoms with Crippen LogP contribution in [0.1, 0.15) is 49.7 Å². The Morgan fingerprint density at radius 1 is 0.917 bits per heavy atom. The highest BCUT2D eigenvalue weighted by atomic mass is 79.9. The van der Waals surface area contributed by atoms with E-state index in [0.717, 1.165) is 28.8 Å². The first-order valence-corrected chi connectivity index (χ1v) is 9.16. The first-order valence-electron chi connectivity index (χ1n) is 8.37. The summed E-state index contributed by atoms with van der Waals surface area (Å²) >= 11 is 3.28. The SMILES string of the molecule is CC1CCC(c2ccc(C(F)(F)Oc3ccc(Br)cc3)cc2)CC1. The second-order valence-corrected chi connectivity index (χ2v) is 7.57. The normalized spacial score (nSPS) is 21.5. The van der Waals surface area contributed by atoms with E-state index in [-0.39, 0.29) is 11.3 Å². The van der Waals surface area contributed by atoms with E-state index in [9.17, 15) is 8.78 Å². The van der Waals surface area contributed by atoms with Crippen molar-refractivity contribution in [2.24, 2.45) is 5.92 Å². The van der Waals surface area contributed by atoms with Crippen LogP contribution < -0.4 is 4.74 Å². The fourth-order valence-corrected chi connectivity index (χ4v) is 3.52. The summed E-state index contributed by atoms with van der Waals surface area (Å²) in [5.41, 5.74) is 1.04. The van der Waals surface area contributed by atoms with Gasteiger partial charge in [-0.2, -0.15) is 8.78 Å². The van der Waals surface area contributed by atoms with Crippen molar-refractivity contribution >= 4 is 15.9 Å². The van der Waals surface area contributed by atoms with Gasteiger partial charge in [0.15, 0.2) is 0 Å². The Bertz CT molecular complexity index is 659. The molecule has 0 atom stereocenters. The van der Waals surface area contributed by atoms with Gasteiger partial charge in [-0.3, -0.25) is 0 Å². The maximum absolute atomic E-state index is 14.3. The summed E-state index contributed by atoms with van der Waals surface area (Å²) in [7, 11) is 0. The first kappa shape index (κ1) is 17.4. The van der Waals surface area contributed by atoms with Crippen LogP contribution >= 0.6 is 15.9 Å². The Hall–Kier alpha value is -1.42. The minimum atomic E-state index is -3.34. The Morgan fingerprint density at radius 2 is 1.50 bits per heavy atom. The molecule has 1 saturated carbocycles. The van der Waals surface area contributed by atoms with Gasteiger partial charge in [0.25, 0.3) is 0 Å². The molecule has 0 aliphatic heterocycles. The zero-order valence-electron chi connectivity index (χ0n) is 13.6. The summed E-state index contributed by atoms with van der Waals surface area (Å²) in [6.07, 6.45) is 1.39. The van der Waals surface area contributed by atoms with Crippen molar-refractivity contribution in [3.8, 4) is 5.75 Å². The summed E-state index contributed by atoms with van der Waals surface area (Å²) in [6, 6.07) is 13.0. The minimum Gasteiger partial charge on any atom is -0.429 e. The number of hydrogen-bond donors (Lipinski definition) is 0. The third-order valence-corrected chi connectivity index (χ3v) is 5.32. The van der Waals surface area contributed by atoms with Gasteiger partial charge in [-0.05, 0) is 66.6 Å². The summed E-state index contributed by atoms with van der Waals surface area (Å²) in [4.78, 5) is 0. The topological polar surface area (TPSA) is 9.23 Å². The Kier molecular flexibility index (Phi) is 5.24. The maximum atomic E-state index is 14.3. The average molecular weight is 395 g/mol. The molecule has 0 saturated heterocycles. The number of benzene rings is 2. The third kappa shape index (κ3) is 4.15. The summed E-state index contributed by atoms with van der Waals surface area (Å²) in [5, 5.41) is 0. The molecule has 2 aromatic rings. The first-order chi connectivity index (χ1) is 11.4. The van der Waals surface area contributed by atoms with Crippen LogP contribution in [0.2, 0.25) is 0 Å². The largest absolute Gasteiger partial charge is 0.429 e. The van der Waals surface area contributed by atoms with E-state index in [1.807, 2.05) is 12.1 Å². The van der Waals surface area contributed by atoms with Crippen LogP contribution in [-0.2, 0) is 6.11 Å². The van der Waals surface area contributed by atoms with Crippen LogP contribution in [0, 0.1) is 5.92 Å². The molecular formula is C20H21BrF2O. The molecule has 0 radical (unpaired) electrons. The van der Waals surface area contributed by atoms with Crippen LogP contribution in [-0.4, -0.2) is 0 Å². The van der Waals surface area contributed by atoms with Crippen LogP contribution in [0.15, 0.2) is 53.0 Å². The van der Waals surface area contributed by atoms with Gasteiger partial charge in [0.05, 0.1) is 5.56 Å². The standard InChI is InChI=1S/C20H21BrF2O/c1-14-2-4-15(5-3-14)16-6-8-17(9-7-16)20(22,23)24-19-12-10-18(21)11-13-19/h6-15H,2-5H2,1H3. The van der Waals surface area contributed by atoms with E-state index in [2.05, 4.69) is 22.9 Å². The average Bonchev–Trinajstić information content (AvgIpc) is 2.58. The number of alkyl halides is 2. The molecular weight excluding hydrogens is 374 g/mol. The van der Waals surface area contributed by atoms with Crippen molar-refractivity contribution in [2.45, 2.75) is 44.6 Å². The van der Waals surface area contributed by atoms with E-state index < -0.39 is 6.11 Å². The highest BCUT2D eigenvalue weighted by molar-refractivity contribution is 9.10. The summed E-state index contributed by atoms with van der Waals surface area (Å²) < 4.78 is 34.4. The molecule has 0 heterocycles. The van der Waals surface area contributed by atoms with Gasteiger partial charge in [0, 0.05) is 4.47 Å². The predicted molar refractivity (Wildman–Crippen MR) is 95.5 cm³/mol. The highest BCUT2D eigenvalue weighted by Gasteiger charge is 2.34. The molecule has 4 heteroatoms. The lowest BCUT2D eigenvalue weighted by Gasteiger charge is -2.27. The molecule has 0 N–H and O–H groups in total. The molecule has 1 aliphatic carbocycles. The molecule has 24 heavy (non-hydrogen) atoms. The van der Waals surface area contributed by atoms with Gasteiger partial charge in [-0.15, -0.1) is 0 Å². The zero-order chi connectivity index (χ0) is 17.2. The van der Waals surface area contributed by atoms with Gasteiger partial charge in [0.2, 0.25) is 0 Å². The summed E-state index contributed by atoms with van der Waals surface area (Å²) in [6.45, 7) is 2.28. The molecule has 1 aliphatic rings. The lowest BCUT2D eigenvalue weighted by Crippen LogP contribution is -2.22. The Labute approximate surface area is 150 Å². The number of halogens is 3. The molecule has 0 spiro atoms. The maximum Gasteiger partial charge on any atom is 0.426 e. The van der Waals surface area contributed by atoms with Crippen molar-refractivity contribution < 1.29 is 13.5 Å². The number of rotatable bonds is 4. The Morgan fingerprint density at radius 3 is 2.08 bits per heavy atom. The quantitative estimate of drug-likeness (QED) is 0.549. The Balaban J connectivity index is 1.70. The molecule has 0 amide bonds. The molecule has 2 aromatic carbocycles. The number of hydrogen-bond acceptors (Lipinski definition) is 1. The molecule has 0 unspecified atom stereocenters. The van der Waals surface area contributed by atoms with E-state index in [4.69, 9.17) is 4.74 Å². The van der Waals surface area contributed by atoms with Crippen LogP contribution in [0.4, 0.5) is 8.78 Å². The summed E-state index contributed by atoms with van der Waals surface area (Å²) in [5.74, 6) is 1.42.